The molecule has 0 aliphatic rings. The molecule has 1 N–H and O–H groups in total. The fourth-order valence-electron chi connectivity index (χ4n) is 4.18. The third kappa shape index (κ3) is 6.12. The van der Waals surface area contributed by atoms with Gasteiger partial charge in [-0.1, -0.05) is 0 Å². The predicted molar refractivity (Wildman–Crippen MR) is 141 cm³/mol. The fraction of sp³-hybridized carbons (Fsp3) is 0.222. The molecular weight excluding hydrogens is 591 g/mol. The SMILES string of the molecule is COc1cc(F)c(-c2c(NC(=O)c3ccc(OC(F)F)cc3)c(=O)n(-c3nc(N(C)C)ccc3C(F)(F)F)n2C)c(F)c1. The van der Waals surface area contributed by atoms with Gasteiger partial charge in [0.15, 0.2) is 5.82 Å². The molecular formula is C27H22F7N5O4. The van der Waals surface area contributed by atoms with Crippen molar-refractivity contribution in [1.29, 1.82) is 0 Å². The average molecular weight is 613 g/mol. The maximum Gasteiger partial charge on any atom is 0.420 e. The molecule has 0 radical (unpaired) electrons. The lowest BCUT2D eigenvalue weighted by atomic mass is 10.1. The van der Waals surface area contributed by atoms with Gasteiger partial charge in [0.05, 0.1) is 12.7 Å². The van der Waals surface area contributed by atoms with Crippen molar-refractivity contribution in [3.05, 3.63) is 81.6 Å². The smallest absolute Gasteiger partial charge is 0.420 e. The van der Waals surface area contributed by atoms with E-state index < -0.39 is 64.2 Å². The minimum absolute atomic E-state index is 0.0103. The van der Waals surface area contributed by atoms with Crippen LogP contribution in [0, 0.1) is 11.6 Å². The van der Waals surface area contributed by atoms with Gasteiger partial charge < -0.3 is 19.7 Å². The number of methoxy groups -OCH3 is 1. The first-order chi connectivity index (χ1) is 20.1. The summed E-state index contributed by atoms with van der Waals surface area (Å²) in [4.78, 5) is 32.2. The molecule has 2 aromatic carbocycles. The van der Waals surface area contributed by atoms with E-state index in [1.807, 2.05) is 0 Å². The Morgan fingerprint density at radius 3 is 2.12 bits per heavy atom. The van der Waals surface area contributed by atoms with Gasteiger partial charge in [-0.2, -0.15) is 26.6 Å². The van der Waals surface area contributed by atoms with Gasteiger partial charge in [0, 0.05) is 38.8 Å². The molecule has 0 saturated carbocycles. The first-order valence-electron chi connectivity index (χ1n) is 12.1. The van der Waals surface area contributed by atoms with Gasteiger partial charge in [-0.05, 0) is 36.4 Å². The van der Waals surface area contributed by atoms with Crippen molar-refractivity contribution >= 4 is 17.4 Å². The first kappa shape index (κ1) is 30.9. The standard InChI is InChI=1S/C27H22F7N5O4/c1-37(2)19-10-9-16(27(32,33)34)23(35-19)39-25(41)21(36-24(40)13-5-7-14(8-6-13)43-26(30)31)22(38(39)3)20-17(28)11-15(42-4)12-18(20)29/h5-12,26H,1-4H3,(H,36,40). The molecule has 0 saturated heterocycles. The number of pyridine rings is 1. The highest BCUT2D eigenvalue weighted by molar-refractivity contribution is 6.06. The van der Waals surface area contributed by atoms with Gasteiger partial charge in [0.1, 0.15) is 45.9 Å². The molecule has 0 atom stereocenters. The van der Waals surface area contributed by atoms with Gasteiger partial charge in [0.25, 0.3) is 11.5 Å². The number of carbonyl (C=O) groups is 1. The molecule has 2 heterocycles. The Hall–Kier alpha value is -5.02. The summed E-state index contributed by atoms with van der Waals surface area (Å²) in [5.41, 5.74) is -5.18. The van der Waals surface area contributed by atoms with Crippen molar-refractivity contribution in [2.45, 2.75) is 12.8 Å². The van der Waals surface area contributed by atoms with E-state index >= 15 is 8.78 Å². The van der Waals surface area contributed by atoms with Crippen LogP contribution in [0.1, 0.15) is 15.9 Å². The van der Waals surface area contributed by atoms with Gasteiger partial charge in [-0.3, -0.25) is 14.3 Å². The van der Waals surface area contributed by atoms with Gasteiger partial charge in [-0.15, -0.1) is 0 Å². The molecule has 0 aliphatic heterocycles. The van der Waals surface area contributed by atoms with Gasteiger partial charge in [-0.25, -0.2) is 13.8 Å². The Morgan fingerprint density at radius 1 is 1.00 bits per heavy atom. The number of rotatable bonds is 8. The van der Waals surface area contributed by atoms with E-state index in [1.54, 1.807) is 0 Å². The summed E-state index contributed by atoms with van der Waals surface area (Å²) >= 11 is 0. The molecule has 0 spiro atoms. The Balaban J connectivity index is 1.99. The molecule has 0 aliphatic carbocycles. The number of alkyl halides is 5. The van der Waals surface area contributed by atoms with Crippen molar-refractivity contribution in [2.24, 2.45) is 7.05 Å². The van der Waals surface area contributed by atoms with Crippen LogP contribution in [0.2, 0.25) is 0 Å². The van der Waals surface area contributed by atoms with E-state index in [0.717, 1.165) is 61.3 Å². The van der Waals surface area contributed by atoms with Crippen molar-refractivity contribution in [3.63, 3.8) is 0 Å². The molecule has 4 aromatic rings. The summed E-state index contributed by atoms with van der Waals surface area (Å²) in [6.07, 6.45) is -5.01. The number of amides is 1. The Morgan fingerprint density at radius 2 is 1.60 bits per heavy atom. The molecule has 228 valence electrons. The van der Waals surface area contributed by atoms with E-state index in [2.05, 4.69) is 15.0 Å². The second kappa shape index (κ2) is 11.7. The van der Waals surface area contributed by atoms with Crippen LogP contribution < -0.4 is 25.2 Å². The molecule has 4 rings (SSSR count). The quantitative estimate of drug-likeness (QED) is 0.266. The van der Waals surface area contributed by atoms with Crippen LogP contribution in [0.25, 0.3) is 17.1 Å². The number of anilines is 2. The molecule has 43 heavy (non-hydrogen) atoms. The number of aromatic nitrogens is 3. The summed E-state index contributed by atoms with van der Waals surface area (Å²) in [5.74, 6) is -5.03. The van der Waals surface area contributed by atoms with Crippen molar-refractivity contribution in [2.75, 3.05) is 31.4 Å². The van der Waals surface area contributed by atoms with Crippen LogP contribution in [0.3, 0.4) is 0 Å². The number of benzene rings is 2. The second-order valence-corrected chi connectivity index (χ2v) is 9.12. The minimum atomic E-state index is -5.01. The maximum atomic E-state index is 15.3. The molecule has 16 heteroatoms. The first-order valence-corrected chi connectivity index (χ1v) is 12.1. The lowest BCUT2D eigenvalue weighted by Gasteiger charge is -2.18. The molecule has 1 amide bonds. The van der Waals surface area contributed by atoms with Crippen LogP contribution in [0.15, 0.2) is 53.3 Å². The van der Waals surface area contributed by atoms with Crippen LogP contribution in [-0.2, 0) is 13.2 Å². The number of nitrogens with one attached hydrogen (secondary N) is 1. The summed E-state index contributed by atoms with van der Waals surface area (Å²) in [6, 6.07) is 7.49. The molecule has 2 aromatic heterocycles. The average Bonchev–Trinajstić information content (AvgIpc) is 3.15. The van der Waals surface area contributed by atoms with Crippen LogP contribution in [0.4, 0.5) is 42.2 Å². The maximum absolute atomic E-state index is 15.3. The van der Waals surface area contributed by atoms with Crippen molar-refractivity contribution in [1.82, 2.24) is 14.3 Å². The number of nitrogens with zero attached hydrogens (tertiary/aromatic N) is 4. The van der Waals surface area contributed by atoms with Crippen LogP contribution in [-0.4, -0.2) is 48.1 Å². The Kier molecular flexibility index (Phi) is 8.41. The van der Waals surface area contributed by atoms with E-state index in [9.17, 15) is 31.5 Å². The Labute approximate surface area is 238 Å². The van der Waals surface area contributed by atoms with Crippen molar-refractivity contribution in [3.8, 4) is 28.6 Å². The zero-order valence-electron chi connectivity index (χ0n) is 22.8. The normalized spacial score (nSPS) is 11.5. The third-order valence-corrected chi connectivity index (χ3v) is 6.16. The zero-order valence-corrected chi connectivity index (χ0v) is 22.8. The van der Waals surface area contributed by atoms with E-state index in [0.29, 0.717) is 10.7 Å². The highest BCUT2D eigenvalue weighted by atomic mass is 19.4. The lowest BCUT2D eigenvalue weighted by Crippen LogP contribution is -2.27. The summed E-state index contributed by atoms with van der Waals surface area (Å²) in [6.45, 7) is -3.14. The largest absolute Gasteiger partial charge is 0.497 e. The number of halogens is 7. The van der Waals surface area contributed by atoms with E-state index in [4.69, 9.17) is 4.74 Å². The topological polar surface area (TPSA) is 90.6 Å². The molecule has 0 fully saturated rings. The fourth-order valence-corrected chi connectivity index (χ4v) is 4.18. The number of hydrogen-bond acceptors (Lipinski definition) is 6. The zero-order chi connectivity index (χ0) is 31.8. The third-order valence-electron chi connectivity index (χ3n) is 6.16. The van der Waals surface area contributed by atoms with Crippen molar-refractivity contribution < 1.29 is 45.0 Å². The van der Waals surface area contributed by atoms with Gasteiger partial charge >= 0.3 is 12.8 Å². The minimum Gasteiger partial charge on any atom is -0.497 e. The number of hydrogen-bond donors (Lipinski definition) is 1. The summed E-state index contributed by atoms with van der Waals surface area (Å²) in [7, 11) is 5.18. The van der Waals surface area contributed by atoms with E-state index in [-0.39, 0.29) is 22.9 Å². The van der Waals surface area contributed by atoms with E-state index in [1.165, 1.54) is 19.0 Å². The number of ether oxygens (including phenoxy) is 2. The predicted octanol–water partition coefficient (Wildman–Crippen LogP) is 5.46. The number of carbonyl (C=O) groups excluding carboxylic acids is 1. The van der Waals surface area contributed by atoms with Gasteiger partial charge in [0.2, 0.25) is 0 Å². The lowest BCUT2D eigenvalue weighted by molar-refractivity contribution is -0.137. The highest BCUT2D eigenvalue weighted by Crippen LogP contribution is 2.37. The second-order valence-electron chi connectivity index (χ2n) is 9.12. The summed E-state index contributed by atoms with van der Waals surface area (Å²) in [5, 5.41) is 2.20. The monoisotopic (exact) mass is 613 g/mol. The van der Waals surface area contributed by atoms with Crippen LogP contribution >= 0.6 is 0 Å². The molecule has 0 unspecified atom stereocenters. The molecule has 0 bridgehead atoms. The Bertz CT molecular complexity index is 1710. The summed E-state index contributed by atoms with van der Waals surface area (Å²) < 4.78 is 108. The molecule has 9 nitrogen and oxygen atoms in total. The highest BCUT2D eigenvalue weighted by Gasteiger charge is 2.38. The van der Waals surface area contributed by atoms with Crippen LogP contribution in [0.5, 0.6) is 11.5 Å².